The van der Waals surface area contributed by atoms with Gasteiger partial charge in [0.15, 0.2) is 11.6 Å². The third-order valence-corrected chi connectivity index (χ3v) is 5.59. The summed E-state index contributed by atoms with van der Waals surface area (Å²) in [6.45, 7) is 7.29. The lowest BCUT2D eigenvalue weighted by Gasteiger charge is -2.09. The predicted molar refractivity (Wildman–Crippen MR) is 119 cm³/mol. The minimum atomic E-state index is 0.375. The van der Waals surface area contributed by atoms with Gasteiger partial charge in [0, 0.05) is 30.3 Å². The second-order valence-electron chi connectivity index (χ2n) is 7.82. The molecule has 160 valence electrons. The zero-order valence-electron chi connectivity index (χ0n) is 18.3. The Morgan fingerprint density at radius 2 is 1.90 bits per heavy atom. The standard InChI is InChI=1S/C23H28N8/c1-4-6-7-21-25-22(16(3)5-2)28-31(21)15-17-8-10-18(11-9-17)19-12-13-24-14-20(19)23-26-29-30-27-23/h8-14,16H,4-7,15H2,1-3H3,(H,26,27,29,30). The molecule has 0 saturated carbocycles. The number of nitrogens with one attached hydrogen (secondary N) is 1. The van der Waals surface area contributed by atoms with Crippen LogP contribution in [0.15, 0.2) is 42.7 Å². The summed E-state index contributed by atoms with van der Waals surface area (Å²) in [5, 5.41) is 19.0. The Bertz CT molecular complexity index is 1100. The average Bonchev–Trinajstić information content (AvgIpc) is 3.48. The molecule has 3 heterocycles. The van der Waals surface area contributed by atoms with Crippen LogP contribution in [0.2, 0.25) is 0 Å². The van der Waals surface area contributed by atoms with E-state index in [0.717, 1.165) is 60.6 Å². The van der Waals surface area contributed by atoms with E-state index in [4.69, 9.17) is 10.1 Å². The molecule has 0 aliphatic rings. The highest BCUT2D eigenvalue weighted by atomic mass is 15.5. The summed E-state index contributed by atoms with van der Waals surface area (Å²) in [4.78, 5) is 9.07. The van der Waals surface area contributed by atoms with Crippen LogP contribution in [0.4, 0.5) is 0 Å². The van der Waals surface area contributed by atoms with Crippen LogP contribution >= 0.6 is 0 Å². The molecule has 1 N–H and O–H groups in total. The van der Waals surface area contributed by atoms with Crippen molar-refractivity contribution in [3.05, 3.63) is 59.9 Å². The van der Waals surface area contributed by atoms with Gasteiger partial charge in [-0.15, -0.1) is 5.10 Å². The molecule has 0 bridgehead atoms. The zero-order chi connectivity index (χ0) is 21.6. The Labute approximate surface area is 182 Å². The van der Waals surface area contributed by atoms with E-state index in [9.17, 15) is 0 Å². The van der Waals surface area contributed by atoms with E-state index in [1.54, 1.807) is 12.4 Å². The second-order valence-corrected chi connectivity index (χ2v) is 7.82. The fourth-order valence-electron chi connectivity index (χ4n) is 3.50. The highest BCUT2D eigenvalue weighted by Gasteiger charge is 2.15. The maximum Gasteiger partial charge on any atom is 0.181 e. The normalized spacial score (nSPS) is 12.2. The SMILES string of the molecule is CCCCc1nc(C(C)CC)nn1Cc1ccc(-c2ccncc2-c2nnn[nH]2)cc1. The summed E-state index contributed by atoms with van der Waals surface area (Å²) < 4.78 is 2.07. The number of aromatic nitrogens is 8. The Morgan fingerprint density at radius 1 is 1.06 bits per heavy atom. The van der Waals surface area contributed by atoms with Crippen LogP contribution in [0.1, 0.15) is 63.2 Å². The van der Waals surface area contributed by atoms with Crippen molar-refractivity contribution in [2.75, 3.05) is 0 Å². The largest absolute Gasteiger partial charge is 0.264 e. The molecule has 0 fully saturated rings. The summed E-state index contributed by atoms with van der Waals surface area (Å²) in [6.07, 6.45) is 7.83. The van der Waals surface area contributed by atoms with Gasteiger partial charge in [-0.3, -0.25) is 4.98 Å². The number of H-pyrrole nitrogens is 1. The molecule has 0 saturated heterocycles. The molecule has 0 aliphatic heterocycles. The van der Waals surface area contributed by atoms with Crippen LogP contribution in [0, 0.1) is 0 Å². The van der Waals surface area contributed by atoms with Gasteiger partial charge in [0.25, 0.3) is 0 Å². The molecule has 4 aromatic rings. The van der Waals surface area contributed by atoms with E-state index in [0.29, 0.717) is 11.7 Å². The second kappa shape index (κ2) is 9.59. The van der Waals surface area contributed by atoms with E-state index in [1.165, 1.54) is 5.56 Å². The van der Waals surface area contributed by atoms with E-state index in [1.807, 2.05) is 6.07 Å². The van der Waals surface area contributed by atoms with E-state index >= 15 is 0 Å². The molecule has 1 aromatic carbocycles. The quantitative estimate of drug-likeness (QED) is 0.433. The number of benzene rings is 1. The van der Waals surface area contributed by atoms with Crippen molar-refractivity contribution >= 4 is 0 Å². The molecule has 8 heteroatoms. The van der Waals surface area contributed by atoms with Crippen LogP contribution < -0.4 is 0 Å². The van der Waals surface area contributed by atoms with Gasteiger partial charge in [0.2, 0.25) is 0 Å². The lowest BCUT2D eigenvalue weighted by molar-refractivity contribution is 0.602. The fourth-order valence-corrected chi connectivity index (χ4v) is 3.50. The monoisotopic (exact) mass is 416 g/mol. The van der Waals surface area contributed by atoms with Gasteiger partial charge < -0.3 is 0 Å². The van der Waals surface area contributed by atoms with Crippen LogP contribution in [0.5, 0.6) is 0 Å². The summed E-state index contributed by atoms with van der Waals surface area (Å²) in [7, 11) is 0. The smallest absolute Gasteiger partial charge is 0.181 e. The first-order valence-electron chi connectivity index (χ1n) is 10.9. The number of hydrogen-bond acceptors (Lipinski definition) is 6. The van der Waals surface area contributed by atoms with Crippen molar-refractivity contribution in [2.45, 2.75) is 58.9 Å². The minimum absolute atomic E-state index is 0.375. The molecule has 31 heavy (non-hydrogen) atoms. The van der Waals surface area contributed by atoms with Crippen molar-refractivity contribution < 1.29 is 0 Å². The number of unbranched alkanes of at least 4 members (excludes halogenated alkanes) is 1. The van der Waals surface area contributed by atoms with Gasteiger partial charge in [0.05, 0.1) is 6.54 Å². The average molecular weight is 417 g/mol. The first-order chi connectivity index (χ1) is 15.2. The number of rotatable bonds is 9. The summed E-state index contributed by atoms with van der Waals surface area (Å²) in [5.74, 6) is 3.01. The van der Waals surface area contributed by atoms with Crippen molar-refractivity contribution in [3.8, 4) is 22.5 Å². The molecule has 0 spiro atoms. The van der Waals surface area contributed by atoms with Crippen LogP contribution in [0.25, 0.3) is 22.5 Å². The third kappa shape index (κ3) is 4.68. The Balaban J connectivity index is 1.58. The third-order valence-electron chi connectivity index (χ3n) is 5.59. The van der Waals surface area contributed by atoms with E-state index < -0.39 is 0 Å². The molecule has 1 unspecified atom stereocenters. The van der Waals surface area contributed by atoms with Gasteiger partial charge in [-0.1, -0.05) is 51.5 Å². The molecule has 8 nitrogen and oxygen atoms in total. The van der Waals surface area contributed by atoms with Gasteiger partial charge >= 0.3 is 0 Å². The van der Waals surface area contributed by atoms with E-state index in [-0.39, 0.29) is 0 Å². The minimum Gasteiger partial charge on any atom is -0.264 e. The number of tetrazole rings is 1. The molecule has 3 aromatic heterocycles. The maximum atomic E-state index is 4.84. The highest BCUT2D eigenvalue weighted by Crippen LogP contribution is 2.29. The van der Waals surface area contributed by atoms with Crippen molar-refractivity contribution in [1.29, 1.82) is 0 Å². The first-order valence-corrected chi connectivity index (χ1v) is 10.9. The molecule has 0 amide bonds. The number of nitrogens with zero attached hydrogens (tertiary/aromatic N) is 7. The summed E-state index contributed by atoms with van der Waals surface area (Å²) >= 11 is 0. The number of hydrogen-bond donors (Lipinski definition) is 1. The Morgan fingerprint density at radius 3 is 2.61 bits per heavy atom. The predicted octanol–water partition coefficient (Wildman–Crippen LogP) is 4.42. The molecule has 4 rings (SSSR count). The van der Waals surface area contributed by atoms with Gasteiger partial charge in [-0.25, -0.2) is 14.8 Å². The molecule has 0 radical (unpaired) electrons. The fraction of sp³-hybridized carbons (Fsp3) is 0.391. The van der Waals surface area contributed by atoms with Crippen LogP contribution in [-0.2, 0) is 13.0 Å². The van der Waals surface area contributed by atoms with Gasteiger partial charge in [-0.05, 0) is 46.0 Å². The summed E-state index contributed by atoms with van der Waals surface area (Å²) in [5.41, 5.74) is 4.18. The molecular weight excluding hydrogens is 388 g/mol. The topological polar surface area (TPSA) is 98.1 Å². The summed E-state index contributed by atoms with van der Waals surface area (Å²) in [6, 6.07) is 10.5. The van der Waals surface area contributed by atoms with Gasteiger partial charge in [0.1, 0.15) is 5.82 Å². The van der Waals surface area contributed by atoms with E-state index in [2.05, 4.69) is 75.3 Å². The first kappa shape index (κ1) is 20.8. The Hall–Kier alpha value is -3.42. The Kier molecular flexibility index (Phi) is 6.45. The highest BCUT2D eigenvalue weighted by molar-refractivity contribution is 5.79. The van der Waals surface area contributed by atoms with Crippen LogP contribution in [-0.4, -0.2) is 40.4 Å². The van der Waals surface area contributed by atoms with Crippen molar-refractivity contribution in [2.24, 2.45) is 0 Å². The number of pyridine rings is 1. The van der Waals surface area contributed by atoms with Crippen molar-refractivity contribution in [3.63, 3.8) is 0 Å². The molecule has 1 atom stereocenters. The van der Waals surface area contributed by atoms with Crippen molar-refractivity contribution in [1.82, 2.24) is 40.4 Å². The lowest BCUT2D eigenvalue weighted by atomic mass is 10.00. The van der Waals surface area contributed by atoms with Crippen LogP contribution in [0.3, 0.4) is 0 Å². The number of aromatic amines is 1. The number of aryl methyl sites for hydroxylation is 1. The maximum absolute atomic E-state index is 4.84. The molecular formula is C23H28N8. The van der Waals surface area contributed by atoms with Gasteiger partial charge in [-0.2, -0.15) is 5.10 Å². The molecule has 0 aliphatic carbocycles. The zero-order valence-corrected chi connectivity index (χ0v) is 18.3. The lowest BCUT2D eigenvalue weighted by Crippen LogP contribution is -2.07.